The van der Waals surface area contributed by atoms with Crippen LogP contribution in [0.25, 0.3) is 0 Å². The van der Waals surface area contributed by atoms with Crippen molar-refractivity contribution < 1.29 is 9.59 Å². The molecule has 0 aliphatic carbocycles. The molecule has 0 radical (unpaired) electrons. The van der Waals surface area contributed by atoms with Crippen molar-refractivity contribution in [2.75, 3.05) is 39.8 Å². The minimum absolute atomic E-state index is 0.130. The predicted molar refractivity (Wildman–Crippen MR) is 49.3 cm³/mol. The quantitative estimate of drug-likeness (QED) is 0.532. The fourth-order valence-electron chi connectivity index (χ4n) is 1.70. The number of likely N-dealkylation sites (N-methyl/N-ethyl adjacent to an activating group) is 1. The molecule has 0 aromatic rings. The van der Waals surface area contributed by atoms with Gasteiger partial charge in [-0.2, -0.15) is 5.01 Å². The number of nitrogens with zero attached hydrogens (tertiary/aromatic N) is 3. The number of rotatable bonds is 1. The van der Waals surface area contributed by atoms with Gasteiger partial charge < -0.3 is 10.2 Å². The minimum atomic E-state index is -0.292. The number of carbonyl (C=O) groups excluding carboxylic acids is 2. The van der Waals surface area contributed by atoms with Gasteiger partial charge in [-0.3, -0.25) is 4.79 Å². The van der Waals surface area contributed by atoms with Crippen LogP contribution in [0.3, 0.4) is 0 Å². The number of amides is 3. The zero-order valence-corrected chi connectivity index (χ0v) is 8.19. The monoisotopic (exact) mass is 198 g/mol. The lowest BCUT2D eigenvalue weighted by molar-refractivity contribution is -0.138. The van der Waals surface area contributed by atoms with Crippen LogP contribution in [0.2, 0.25) is 0 Å². The second-order valence-corrected chi connectivity index (χ2v) is 3.62. The van der Waals surface area contributed by atoms with Gasteiger partial charge >= 0.3 is 6.03 Å². The summed E-state index contributed by atoms with van der Waals surface area (Å²) in [5.74, 6) is -0.153. The van der Waals surface area contributed by atoms with E-state index in [1.165, 1.54) is 5.01 Å². The van der Waals surface area contributed by atoms with Gasteiger partial charge in [-0.25, -0.2) is 9.80 Å². The van der Waals surface area contributed by atoms with Gasteiger partial charge in [-0.1, -0.05) is 0 Å². The van der Waals surface area contributed by atoms with E-state index in [9.17, 15) is 9.59 Å². The van der Waals surface area contributed by atoms with Crippen LogP contribution in [0.15, 0.2) is 0 Å². The lowest BCUT2D eigenvalue weighted by Gasteiger charge is -2.35. The summed E-state index contributed by atoms with van der Waals surface area (Å²) in [4.78, 5) is 24.8. The summed E-state index contributed by atoms with van der Waals surface area (Å²) in [7, 11) is 2.03. The number of nitrogens with one attached hydrogen (secondary N) is 1. The van der Waals surface area contributed by atoms with Crippen molar-refractivity contribution in [2.45, 2.75) is 0 Å². The van der Waals surface area contributed by atoms with Crippen molar-refractivity contribution in [3.8, 4) is 0 Å². The highest BCUT2D eigenvalue weighted by Gasteiger charge is 2.34. The Kier molecular flexibility index (Phi) is 2.39. The first-order valence-corrected chi connectivity index (χ1v) is 4.72. The second-order valence-electron chi connectivity index (χ2n) is 3.62. The van der Waals surface area contributed by atoms with Crippen LogP contribution in [0, 0.1) is 0 Å². The van der Waals surface area contributed by atoms with Gasteiger partial charge in [0.2, 0.25) is 0 Å². The molecule has 6 nitrogen and oxygen atoms in total. The van der Waals surface area contributed by atoms with Gasteiger partial charge in [-0.15, -0.1) is 0 Å². The fraction of sp³-hybridized carbons (Fsp3) is 0.750. The van der Waals surface area contributed by atoms with Crippen LogP contribution < -0.4 is 5.32 Å². The van der Waals surface area contributed by atoms with Crippen LogP contribution in [-0.2, 0) is 4.79 Å². The Morgan fingerprint density at radius 3 is 2.29 bits per heavy atom. The normalized spacial score (nSPS) is 25.6. The van der Waals surface area contributed by atoms with Crippen LogP contribution in [0.1, 0.15) is 0 Å². The molecule has 2 fully saturated rings. The Morgan fingerprint density at radius 2 is 1.79 bits per heavy atom. The highest BCUT2D eigenvalue weighted by molar-refractivity contribution is 6.01. The molecule has 14 heavy (non-hydrogen) atoms. The van der Waals surface area contributed by atoms with Gasteiger partial charge in [0.05, 0.1) is 0 Å². The van der Waals surface area contributed by atoms with Crippen molar-refractivity contribution in [1.82, 2.24) is 20.2 Å². The van der Waals surface area contributed by atoms with E-state index in [0.29, 0.717) is 0 Å². The topological polar surface area (TPSA) is 55.9 Å². The number of hydrogen-bond donors (Lipinski definition) is 1. The molecule has 2 heterocycles. The first kappa shape index (κ1) is 9.42. The van der Waals surface area contributed by atoms with Crippen molar-refractivity contribution in [3.05, 3.63) is 0 Å². The van der Waals surface area contributed by atoms with Crippen molar-refractivity contribution >= 4 is 11.9 Å². The molecule has 2 rings (SSSR count). The molecule has 0 bridgehead atoms. The van der Waals surface area contributed by atoms with Gasteiger partial charge in [0.15, 0.2) is 0 Å². The van der Waals surface area contributed by atoms with E-state index in [1.807, 2.05) is 12.1 Å². The first-order chi connectivity index (χ1) is 6.68. The third-order valence-corrected chi connectivity index (χ3v) is 2.58. The maximum atomic E-state index is 11.4. The maximum absolute atomic E-state index is 11.4. The van der Waals surface area contributed by atoms with Crippen LogP contribution in [0.4, 0.5) is 4.79 Å². The molecule has 3 amide bonds. The van der Waals surface area contributed by atoms with Crippen molar-refractivity contribution in [2.24, 2.45) is 0 Å². The summed E-state index contributed by atoms with van der Waals surface area (Å²) in [6, 6.07) is -0.292. The molecule has 2 aliphatic rings. The molecule has 0 atom stereocenters. The predicted octanol–water partition coefficient (Wildman–Crippen LogP) is -1.30. The van der Waals surface area contributed by atoms with E-state index in [-0.39, 0.29) is 18.5 Å². The van der Waals surface area contributed by atoms with Crippen molar-refractivity contribution in [3.63, 3.8) is 0 Å². The van der Waals surface area contributed by atoms with E-state index < -0.39 is 0 Å². The van der Waals surface area contributed by atoms with Crippen molar-refractivity contribution in [1.29, 1.82) is 0 Å². The summed E-state index contributed by atoms with van der Waals surface area (Å²) >= 11 is 0. The van der Waals surface area contributed by atoms with Gasteiger partial charge in [0, 0.05) is 26.2 Å². The lowest BCUT2D eigenvalue weighted by Crippen LogP contribution is -2.55. The molecule has 0 aromatic heterocycles. The van der Waals surface area contributed by atoms with E-state index in [2.05, 4.69) is 10.2 Å². The third-order valence-electron chi connectivity index (χ3n) is 2.58. The zero-order chi connectivity index (χ0) is 10.1. The number of carbonyl (C=O) groups is 2. The largest absolute Gasteiger partial charge is 0.339 e. The van der Waals surface area contributed by atoms with Gasteiger partial charge in [0.25, 0.3) is 5.91 Å². The van der Waals surface area contributed by atoms with Crippen LogP contribution in [0.5, 0.6) is 0 Å². The van der Waals surface area contributed by atoms with E-state index in [4.69, 9.17) is 0 Å². The maximum Gasteiger partial charge on any atom is 0.339 e. The summed E-state index contributed by atoms with van der Waals surface area (Å²) < 4.78 is 0. The van der Waals surface area contributed by atoms with Crippen LogP contribution in [-0.4, -0.2) is 66.6 Å². The Hall–Kier alpha value is -1.14. The number of piperazine rings is 1. The molecule has 0 saturated carbocycles. The van der Waals surface area contributed by atoms with Gasteiger partial charge in [0.1, 0.15) is 6.54 Å². The summed E-state index contributed by atoms with van der Waals surface area (Å²) in [6.07, 6.45) is 0. The first-order valence-electron chi connectivity index (χ1n) is 4.72. The number of hydrogen-bond acceptors (Lipinski definition) is 4. The Morgan fingerprint density at radius 1 is 1.14 bits per heavy atom. The summed E-state index contributed by atoms with van der Waals surface area (Å²) in [6.45, 7) is 3.37. The molecule has 6 heteroatoms. The molecule has 2 aliphatic heterocycles. The standard InChI is InChI=1S/C8H14N4O2/c1-10-2-4-11(5-3-10)12-7(13)6-9-8(12)14/h2-6H2,1H3,(H,9,14). The summed E-state index contributed by atoms with van der Waals surface area (Å²) in [5.41, 5.74) is 0. The molecule has 78 valence electrons. The Balaban J connectivity index is 2.00. The number of urea groups is 1. The smallest absolute Gasteiger partial charge is 0.327 e. The fourth-order valence-corrected chi connectivity index (χ4v) is 1.70. The zero-order valence-electron chi connectivity index (χ0n) is 8.19. The second kappa shape index (κ2) is 3.55. The lowest BCUT2D eigenvalue weighted by atomic mass is 10.4. The molecule has 0 unspecified atom stereocenters. The minimum Gasteiger partial charge on any atom is -0.327 e. The highest BCUT2D eigenvalue weighted by Crippen LogP contribution is 2.08. The average Bonchev–Trinajstić information content (AvgIpc) is 2.49. The molecular weight excluding hydrogens is 184 g/mol. The van der Waals surface area contributed by atoms with Crippen LogP contribution >= 0.6 is 0 Å². The van der Waals surface area contributed by atoms with E-state index in [1.54, 1.807) is 0 Å². The Bertz CT molecular complexity index is 244. The average molecular weight is 198 g/mol. The van der Waals surface area contributed by atoms with E-state index in [0.717, 1.165) is 26.2 Å². The number of hydrazine groups is 1. The molecule has 1 N–H and O–H groups in total. The highest BCUT2D eigenvalue weighted by atomic mass is 16.2. The molecule has 0 aromatic carbocycles. The summed E-state index contributed by atoms with van der Waals surface area (Å²) in [5, 5.41) is 5.55. The molecule has 0 spiro atoms. The third kappa shape index (κ3) is 1.58. The Labute approximate surface area is 82.4 Å². The van der Waals surface area contributed by atoms with E-state index >= 15 is 0 Å². The van der Waals surface area contributed by atoms with Gasteiger partial charge in [-0.05, 0) is 7.05 Å². The molecule has 2 saturated heterocycles. The SMILES string of the molecule is CN1CCN(N2C(=O)CNC2=O)CC1. The molecular formula is C8H14N4O2. The number of imide groups is 1.